The van der Waals surface area contributed by atoms with Gasteiger partial charge in [-0.15, -0.1) is 0 Å². The quantitative estimate of drug-likeness (QED) is 0.800. The van der Waals surface area contributed by atoms with Gasteiger partial charge in [0.15, 0.2) is 0 Å². The van der Waals surface area contributed by atoms with Crippen molar-refractivity contribution in [3.05, 3.63) is 0 Å². The smallest absolute Gasteiger partial charge is 0.385 e. The minimum atomic E-state index is -4.04. The van der Waals surface area contributed by atoms with Crippen LogP contribution in [-0.2, 0) is 4.74 Å². The Morgan fingerprint density at radius 3 is 2.47 bits per heavy atom. The van der Waals surface area contributed by atoms with Crippen LogP contribution >= 0.6 is 0 Å². The second kappa shape index (κ2) is 6.93. The van der Waals surface area contributed by atoms with Crippen LogP contribution in [0.2, 0.25) is 0 Å². The van der Waals surface area contributed by atoms with Crippen LogP contribution in [0.1, 0.15) is 46.0 Å². The van der Waals surface area contributed by atoms with Crippen LogP contribution in [0.15, 0.2) is 0 Å². The molecular formula is C14H26F3NO. The molecule has 0 spiro atoms. The normalized spacial score (nSPS) is 25.6. The van der Waals surface area contributed by atoms with Gasteiger partial charge in [-0.3, -0.25) is 0 Å². The van der Waals surface area contributed by atoms with Gasteiger partial charge in [-0.05, 0) is 31.1 Å². The van der Waals surface area contributed by atoms with Gasteiger partial charge >= 0.3 is 6.18 Å². The van der Waals surface area contributed by atoms with Crippen molar-refractivity contribution in [2.75, 3.05) is 20.3 Å². The van der Waals surface area contributed by atoms with Crippen LogP contribution in [0, 0.1) is 11.3 Å². The zero-order valence-electron chi connectivity index (χ0n) is 12.1. The van der Waals surface area contributed by atoms with Crippen LogP contribution in [0.3, 0.4) is 0 Å². The molecule has 2 atom stereocenters. The molecule has 1 fully saturated rings. The number of hydrogen-bond acceptors (Lipinski definition) is 2. The molecule has 0 saturated heterocycles. The molecule has 0 aromatic heterocycles. The number of ether oxygens (including phenoxy) is 1. The van der Waals surface area contributed by atoms with E-state index in [1.807, 2.05) is 0 Å². The Labute approximate surface area is 114 Å². The molecule has 114 valence electrons. The van der Waals surface area contributed by atoms with Crippen molar-refractivity contribution in [2.45, 2.75) is 58.2 Å². The van der Waals surface area contributed by atoms with Gasteiger partial charge in [0, 0.05) is 26.3 Å². The highest BCUT2D eigenvalue weighted by Crippen LogP contribution is 2.37. The first-order valence-electron chi connectivity index (χ1n) is 7.03. The fourth-order valence-electron chi connectivity index (χ4n) is 2.56. The minimum absolute atomic E-state index is 0.00203. The van der Waals surface area contributed by atoms with Gasteiger partial charge in [-0.2, -0.15) is 13.2 Å². The van der Waals surface area contributed by atoms with Gasteiger partial charge in [0.25, 0.3) is 0 Å². The number of rotatable bonds is 6. The zero-order valence-corrected chi connectivity index (χ0v) is 12.1. The summed E-state index contributed by atoms with van der Waals surface area (Å²) in [7, 11) is 1.67. The molecule has 0 aliphatic heterocycles. The molecule has 19 heavy (non-hydrogen) atoms. The summed E-state index contributed by atoms with van der Waals surface area (Å²) in [6.45, 7) is 5.66. The third kappa shape index (κ3) is 6.13. The first kappa shape index (κ1) is 16.8. The van der Waals surface area contributed by atoms with E-state index < -0.39 is 12.1 Å². The molecule has 1 aliphatic carbocycles. The standard InChI is InChI=1S/C14H26F3NO/c1-13(2,7-8-19-3)10-18-12-6-4-5-11(9-12)14(15,16)17/h11-12,18H,4-10H2,1-3H3. The second-order valence-electron chi connectivity index (χ2n) is 6.39. The van der Waals surface area contributed by atoms with Crippen molar-refractivity contribution in [1.29, 1.82) is 0 Å². The van der Waals surface area contributed by atoms with Gasteiger partial charge in [0.2, 0.25) is 0 Å². The summed E-state index contributed by atoms with van der Waals surface area (Å²) in [6.07, 6.45) is -1.09. The molecule has 0 radical (unpaired) electrons. The number of alkyl halides is 3. The lowest BCUT2D eigenvalue weighted by Gasteiger charge is -2.34. The highest BCUT2D eigenvalue weighted by atomic mass is 19.4. The molecule has 0 aromatic carbocycles. The van der Waals surface area contributed by atoms with Crippen molar-refractivity contribution in [3.63, 3.8) is 0 Å². The van der Waals surface area contributed by atoms with Crippen LogP contribution in [0.5, 0.6) is 0 Å². The fraction of sp³-hybridized carbons (Fsp3) is 1.00. The van der Waals surface area contributed by atoms with Crippen molar-refractivity contribution >= 4 is 0 Å². The SMILES string of the molecule is COCCC(C)(C)CNC1CCCC(C(F)(F)F)C1. The van der Waals surface area contributed by atoms with E-state index in [9.17, 15) is 13.2 Å². The van der Waals surface area contributed by atoms with E-state index in [1.54, 1.807) is 7.11 Å². The van der Waals surface area contributed by atoms with Crippen molar-refractivity contribution in [2.24, 2.45) is 11.3 Å². The maximum absolute atomic E-state index is 12.7. The van der Waals surface area contributed by atoms with E-state index in [0.717, 1.165) is 19.4 Å². The zero-order chi connectivity index (χ0) is 14.5. The lowest BCUT2D eigenvalue weighted by Crippen LogP contribution is -2.42. The van der Waals surface area contributed by atoms with Crippen molar-refractivity contribution in [1.82, 2.24) is 5.32 Å². The monoisotopic (exact) mass is 281 g/mol. The Bertz CT molecular complexity index is 266. The van der Waals surface area contributed by atoms with E-state index in [1.165, 1.54) is 0 Å². The summed E-state index contributed by atoms with van der Waals surface area (Å²) in [5.41, 5.74) is 0.0567. The van der Waals surface area contributed by atoms with Gasteiger partial charge in [0.05, 0.1) is 5.92 Å². The minimum Gasteiger partial charge on any atom is -0.385 e. The maximum atomic E-state index is 12.7. The lowest BCUT2D eigenvalue weighted by molar-refractivity contribution is -0.183. The highest BCUT2D eigenvalue weighted by Gasteiger charge is 2.42. The predicted molar refractivity (Wildman–Crippen MR) is 70.1 cm³/mol. The summed E-state index contributed by atoms with van der Waals surface area (Å²) < 4.78 is 43.2. The van der Waals surface area contributed by atoms with Crippen LogP contribution < -0.4 is 5.32 Å². The van der Waals surface area contributed by atoms with E-state index in [-0.39, 0.29) is 24.3 Å². The lowest BCUT2D eigenvalue weighted by atomic mass is 9.84. The molecule has 1 rings (SSSR count). The fourth-order valence-corrected chi connectivity index (χ4v) is 2.56. The third-order valence-corrected chi connectivity index (χ3v) is 3.99. The van der Waals surface area contributed by atoms with Gasteiger partial charge in [0.1, 0.15) is 0 Å². The van der Waals surface area contributed by atoms with E-state index in [0.29, 0.717) is 13.0 Å². The number of halogens is 3. The number of methoxy groups -OCH3 is 1. The Hall–Kier alpha value is -0.290. The first-order valence-corrected chi connectivity index (χ1v) is 7.03. The molecule has 0 bridgehead atoms. The highest BCUT2D eigenvalue weighted by molar-refractivity contribution is 4.83. The molecule has 0 amide bonds. The van der Waals surface area contributed by atoms with Gasteiger partial charge < -0.3 is 10.1 Å². The maximum Gasteiger partial charge on any atom is 0.391 e. The molecule has 0 heterocycles. The third-order valence-electron chi connectivity index (χ3n) is 3.99. The molecule has 5 heteroatoms. The topological polar surface area (TPSA) is 21.3 Å². The number of hydrogen-bond donors (Lipinski definition) is 1. The molecule has 2 unspecified atom stereocenters. The number of nitrogens with one attached hydrogen (secondary N) is 1. The summed E-state index contributed by atoms with van der Waals surface area (Å²) in [6, 6.07) is 0.00203. The van der Waals surface area contributed by atoms with Crippen LogP contribution in [0.4, 0.5) is 13.2 Å². The molecule has 1 aliphatic rings. The average Bonchev–Trinajstić information content (AvgIpc) is 2.34. The van der Waals surface area contributed by atoms with Crippen LogP contribution in [0.25, 0.3) is 0 Å². The van der Waals surface area contributed by atoms with E-state index >= 15 is 0 Å². The average molecular weight is 281 g/mol. The van der Waals surface area contributed by atoms with E-state index in [2.05, 4.69) is 19.2 Å². The molecule has 2 nitrogen and oxygen atoms in total. The Morgan fingerprint density at radius 1 is 1.21 bits per heavy atom. The Morgan fingerprint density at radius 2 is 1.89 bits per heavy atom. The molecular weight excluding hydrogens is 255 g/mol. The molecule has 0 aromatic rings. The predicted octanol–water partition coefficient (Wildman–Crippen LogP) is 3.76. The van der Waals surface area contributed by atoms with E-state index in [4.69, 9.17) is 4.74 Å². The van der Waals surface area contributed by atoms with Gasteiger partial charge in [-0.25, -0.2) is 0 Å². The van der Waals surface area contributed by atoms with Crippen LogP contribution in [-0.4, -0.2) is 32.5 Å². The van der Waals surface area contributed by atoms with Gasteiger partial charge in [-0.1, -0.05) is 20.3 Å². The summed E-state index contributed by atoms with van der Waals surface area (Å²) in [4.78, 5) is 0. The Balaban J connectivity index is 2.36. The summed E-state index contributed by atoms with van der Waals surface area (Å²) in [5.74, 6) is -1.12. The second-order valence-corrected chi connectivity index (χ2v) is 6.39. The largest absolute Gasteiger partial charge is 0.391 e. The summed E-state index contributed by atoms with van der Waals surface area (Å²) in [5, 5.41) is 3.32. The van der Waals surface area contributed by atoms with Crippen molar-refractivity contribution in [3.8, 4) is 0 Å². The van der Waals surface area contributed by atoms with Crippen molar-refractivity contribution < 1.29 is 17.9 Å². The molecule has 1 saturated carbocycles. The molecule has 1 N–H and O–H groups in total. The first-order chi connectivity index (χ1) is 8.74. The summed E-state index contributed by atoms with van der Waals surface area (Å²) >= 11 is 0. The Kier molecular flexibility index (Phi) is 6.12.